The van der Waals surface area contributed by atoms with Crippen molar-refractivity contribution >= 4 is 58.9 Å². The molecule has 320 valence electrons. The first kappa shape index (κ1) is 44.8. The molecule has 1 aliphatic heterocycles. The number of nitrogens with zero attached hydrogens (tertiary/aromatic N) is 3. The van der Waals surface area contributed by atoms with E-state index in [0.717, 1.165) is 23.9 Å². The van der Waals surface area contributed by atoms with Crippen molar-refractivity contribution < 1.29 is 33.7 Å². The van der Waals surface area contributed by atoms with Gasteiger partial charge in [0, 0.05) is 60.5 Å². The van der Waals surface area contributed by atoms with E-state index in [2.05, 4.69) is 41.5 Å². The summed E-state index contributed by atoms with van der Waals surface area (Å²) in [5.41, 5.74) is 17.8. The molecule has 4 aromatic rings. The number of nitrogens with one attached hydrogen (secondary N) is 6. The molecule has 0 spiro atoms. The fourth-order valence-electron chi connectivity index (χ4n) is 6.34. The van der Waals surface area contributed by atoms with Gasteiger partial charge in [0.05, 0.1) is 16.8 Å². The van der Waals surface area contributed by atoms with E-state index in [1.165, 1.54) is 18.6 Å². The molecular weight excluding hydrogens is 809 g/mol. The largest absolute Gasteiger partial charge is 0.370 e. The fourth-order valence-corrected chi connectivity index (χ4v) is 7.41. The molecule has 1 aliphatic rings. The van der Waals surface area contributed by atoms with Gasteiger partial charge in [-0.15, -0.1) is 11.8 Å². The van der Waals surface area contributed by atoms with Crippen LogP contribution in [0, 0.1) is 10.1 Å². The number of fused-ring (bicyclic) bond motifs is 1. The highest BCUT2D eigenvalue weighted by molar-refractivity contribution is 7.99. The molecule has 3 aromatic carbocycles. The lowest BCUT2D eigenvalue weighted by atomic mass is 10.0. The van der Waals surface area contributed by atoms with Gasteiger partial charge in [0.25, 0.3) is 11.6 Å². The van der Waals surface area contributed by atoms with Gasteiger partial charge in [0.1, 0.15) is 30.2 Å². The van der Waals surface area contributed by atoms with Crippen LogP contribution >= 0.6 is 11.8 Å². The molecule has 0 fully saturated rings. The van der Waals surface area contributed by atoms with Gasteiger partial charge in [0.15, 0.2) is 5.96 Å². The van der Waals surface area contributed by atoms with E-state index in [-0.39, 0.29) is 60.8 Å². The molecule has 0 unspecified atom stereocenters. The van der Waals surface area contributed by atoms with Gasteiger partial charge in [-0.25, -0.2) is 4.98 Å². The van der Waals surface area contributed by atoms with Crippen LogP contribution in [0.3, 0.4) is 0 Å². The van der Waals surface area contributed by atoms with Crippen LogP contribution in [0.25, 0.3) is 0 Å². The number of primary amides is 1. The summed E-state index contributed by atoms with van der Waals surface area (Å²) in [6.07, 6.45) is 2.77. The second-order valence-corrected chi connectivity index (χ2v) is 15.1. The van der Waals surface area contributed by atoms with E-state index >= 15 is 0 Å². The summed E-state index contributed by atoms with van der Waals surface area (Å²) in [4.78, 5) is 106. The van der Waals surface area contributed by atoms with Gasteiger partial charge < -0.3 is 48.8 Å². The number of thioether (sulfide) groups is 1. The molecule has 20 nitrogen and oxygen atoms in total. The maximum absolute atomic E-state index is 14.3. The number of aliphatic imine (C=N–C) groups is 1. The zero-order valence-corrected chi connectivity index (χ0v) is 33.6. The van der Waals surface area contributed by atoms with Gasteiger partial charge in [-0.1, -0.05) is 60.7 Å². The van der Waals surface area contributed by atoms with Crippen LogP contribution in [0.2, 0.25) is 0 Å². The maximum Gasteiger partial charge on any atom is 0.270 e. The minimum absolute atomic E-state index is 0.0104. The minimum atomic E-state index is -1.38. The van der Waals surface area contributed by atoms with Crippen LogP contribution in [0.5, 0.6) is 0 Å². The Bertz CT molecular complexity index is 2220. The van der Waals surface area contributed by atoms with E-state index in [4.69, 9.17) is 17.2 Å². The topological polar surface area (TPSA) is 325 Å². The second-order valence-electron chi connectivity index (χ2n) is 14.0. The molecule has 5 rings (SSSR count). The molecule has 12 N–H and O–H groups in total. The van der Waals surface area contributed by atoms with Crippen molar-refractivity contribution in [2.75, 3.05) is 12.3 Å². The van der Waals surface area contributed by atoms with Crippen molar-refractivity contribution in [1.82, 2.24) is 36.6 Å². The third-order valence-electron chi connectivity index (χ3n) is 9.49. The Balaban J connectivity index is 1.59. The van der Waals surface area contributed by atoms with Crippen LogP contribution < -0.4 is 43.8 Å². The summed E-state index contributed by atoms with van der Waals surface area (Å²) in [6.45, 7) is 0.0958. The first-order valence-corrected chi connectivity index (χ1v) is 20.1. The van der Waals surface area contributed by atoms with Gasteiger partial charge in [-0.05, 0) is 30.0 Å². The molecule has 0 saturated heterocycles. The van der Waals surface area contributed by atoms with E-state index < -0.39 is 76.3 Å². The van der Waals surface area contributed by atoms with Crippen LogP contribution in [-0.4, -0.2) is 98.8 Å². The minimum Gasteiger partial charge on any atom is -0.370 e. The predicted molar refractivity (Wildman–Crippen MR) is 224 cm³/mol. The molecule has 0 radical (unpaired) electrons. The van der Waals surface area contributed by atoms with E-state index in [9.17, 15) is 38.9 Å². The number of hydrogen-bond donors (Lipinski definition) is 9. The molecule has 5 atom stereocenters. The van der Waals surface area contributed by atoms with Crippen LogP contribution in [0.1, 0.15) is 40.0 Å². The average Bonchev–Trinajstić information content (AvgIpc) is 3.76. The third kappa shape index (κ3) is 13.4. The highest BCUT2D eigenvalue weighted by atomic mass is 32.2. The zero-order chi connectivity index (χ0) is 43.9. The summed E-state index contributed by atoms with van der Waals surface area (Å²) < 4.78 is 0. The number of aromatic amines is 1. The lowest BCUT2D eigenvalue weighted by Crippen LogP contribution is -2.60. The maximum atomic E-state index is 14.3. The zero-order valence-electron chi connectivity index (χ0n) is 32.7. The Kier molecular flexibility index (Phi) is 15.9. The van der Waals surface area contributed by atoms with Gasteiger partial charge in [-0.3, -0.25) is 43.9 Å². The number of non-ortho nitro benzene ring substituents is 1. The molecule has 0 aliphatic carbocycles. The van der Waals surface area contributed by atoms with Crippen molar-refractivity contribution in [3.05, 3.63) is 124 Å². The van der Waals surface area contributed by atoms with Gasteiger partial charge in [-0.2, -0.15) is 0 Å². The Hall–Kier alpha value is -7.29. The Morgan fingerprint density at radius 2 is 1.31 bits per heavy atom. The standard InChI is InChI=1S/C40H46N12O8S/c41-34(53)32-21-61-33-14-13-26(52(59)60)19-27(33)35(54)48-31(18-25-20-44-22-46-25)39(58)50-29(16-23-8-3-1-4-9-23)37(56)47-28(12-7-15-45-40(42)43)36(55)49-30(38(57)51-32)17-24-10-5-2-6-11-24/h1-6,8-11,13-14,19-20,22,28-32H,7,12,15-18,21H2,(H2,41,53)(H,44,46)(H,47,56)(H,48,54)(H,49,55)(H,50,58)(H,51,57)(H4,42,43,45)/t28-,29+,30-,31-,32-/m0/s1. The van der Waals surface area contributed by atoms with Crippen molar-refractivity contribution in [3.63, 3.8) is 0 Å². The SMILES string of the molecule is NC(=O)[C@@H]1CSc2ccc([N+](=O)[O-])cc2C(=O)N[C@@H](Cc2cnc[nH]2)C(=O)N[C@H](Cc2ccccc2)C(=O)N[C@@H](CCCN=C(N)N)C(=O)N[C@@H](Cc2ccccc2)C(=O)N1. The number of carbonyl (C=O) groups excluding carboxylic acids is 6. The highest BCUT2D eigenvalue weighted by Gasteiger charge is 2.34. The van der Waals surface area contributed by atoms with Gasteiger partial charge >= 0.3 is 0 Å². The van der Waals surface area contributed by atoms with Crippen molar-refractivity contribution in [1.29, 1.82) is 0 Å². The van der Waals surface area contributed by atoms with E-state index in [1.54, 1.807) is 60.7 Å². The molecule has 0 saturated carbocycles. The molecule has 21 heteroatoms. The Morgan fingerprint density at radius 3 is 1.85 bits per heavy atom. The lowest BCUT2D eigenvalue weighted by molar-refractivity contribution is -0.384. The van der Waals surface area contributed by atoms with Crippen LogP contribution in [0.4, 0.5) is 5.69 Å². The molecule has 0 bridgehead atoms. The number of amides is 6. The molecular formula is C40H46N12O8S. The van der Waals surface area contributed by atoms with Crippen molar-refractivity contribution in [2.45, 2.75) is 67.2 Å². The Labute approximate surface area is 353 Å². The first-order chi connectivity index (χ1) is 29.3. The number of carbonyl (C=O) groups is 6. The number of benzene rings is 3. The summed E-state index contributed by atoms with van der Waals surface area (Å²) in [5, 5.41) is 25.3. The number of aromatic nitrogens is 2. The van der Waals surface area contributed by atoms with Gasteiger partial charge in [0.2, 0.25) is 29.5 Å². The number of imidazole rings is 1. The van der Waals surface area contributed by atoms with Crippen molar-refractivity contribution in [2.24, 2.45) is 22.2 Å². The number of nitrogens with two attached hydrogens (primary N) is 3. The summed E-state index contributed by atoms with van der Waals surface area (Å²) in [7, 11) is 0. The first-order valence-electron chi connectivity index (χ1n) is 19.1. The van der Waals surface area contributed by atoms with Crippen molar-refractivity contribution in [3.8, 4) is 0 Å². The number of hydrogen-bond acceptors (Lipinski definition) is 11. The van der Waals surface area contributed by atoms with E-state index in [1.807, 2.05) is 0 Å². The van der Waals surface area contributed by atoms with Crippen LogP contribution in [0.15, 0.2) is 101 Å². The number of H-pyrrole nitrogens is 1. The normalized spacial score (nSPS) is 20.5. The third-order valence-corrected chi connectivity index (χ3v) is 10.7. The number of guanidine groups is 1. The lowest BCUT2D eigenvalue weighted by Gasteiger charge is -2.27. The molecule has 6 amide bonds. The fraction of sp³-hybridized carbons (Fsp3) is 0.300. The average molecular weight is 855 g/mol. The number of rotatable bonds is 12. The second kappa shape index (κ2) is 21.6. The number of nitro groups is 1. The smallest absolute Gasteiger partial charge is 0.270 e. The summed E-state index contributed by atoms with van der Waals surface area (Å²) in [6, 6.07) is 14.3. The Morgan fingerprint density at radius 1 is 0.754 bits per heavy atom. The van der Waals surface area contributed by atoms with E-state index in [0.29, 0.717) is 16.8 Å². The molecule has 61 heavy (non-hydrogen) atoms. The molecule has 2 heterocycles. The van der Waals surface area contributed by atoms with Crippen LogP contribution in [-0.2, 0) is 43.2 Å². The summed E-state index contributed by atoms with van der Waals surface area (Å²) in [5.74, 6) is -5.41. The predicted octanol–water partition coefficient (Wildman–Crippen LogP) is -0.272. The highest BCUT2D eigenvalue weighted by Crippen LogP contribution is 2.28. The summed E-state index contributed by atoms with van der Waals surface area (Å²) >= 11 is 0.899. The number of nitro benzene ring substituents is 1. The quantitative estimate of drug-likeness (QED) is 0.0293. The monoisotopic (exact) mass is 854 g/mol. The molecule has 1 aromatic heterocycles.